The summed E-state index contributed by atoms with van der Waals surface area (Å²) in [6.07, 6.45) is 1.21. The number of ether oxygens (including phenoxy) is 1. The van der Waals surface area contributed by atoms with Crippen LogP contribution in [0.3, 0.4) is 0 Å². The second-order valence-corrected chi connectivity index (χ2v) is 11.1. The van der Waals surface area contributed by atoms with Gasteiger partial charge in [0.05, 0.1) is 24.5 Å². The van der Waals surface area contributed by atoms with E-state index in [9.17, 15) is 13.2 Å². The van der Waals surface area contributed by atoms with E-state index in [4.69, 9.17) is 4.74 Å². The number of nitrogens with zero attached hydrogens (tertiary/aromatic N) is 1. The fourth-order valence-corrected chi connectivity index (χ4v) is 4.61. The summed E-state index contributed by atoms with van der Waals surface area (Å²) in [7, 11) is -3.49. The zero-order valence-corrected chi connectivity index (χ0v) is 22.1. The Hall–Kier alpha value is -3.32. The molecule has 0 aliphatic rings. The quantitative estimate of drug-likeness (QED) is 0.450. The highest BCUT2D eigenvalue weighted by Gasteiger charge is 2.20. The fourth-order valence-electron chi connectivity index (χ4n) is 3.67. The van der Waals surface area contributed by atoms with Gasteiger partial charge >= 0.3 is 0 Å². The van der Waals surface area contributed by atoms with E-state index in [1.807, 2.05) is 64.1 Å². The molecule has 6 nitrogen and oxygen atoms in total. The first-order valence-electron chi connectivity index (χ1n) is 11.6. The summed E-state index contributed by atoms with van der Waals surface area (Å²) in [5.74, 6) is 0.570. The number of hydrogen-bond acceptors (Lipinski definition) is 4. The van der Waals surface area contributed by atoms with Crippen LogP contribution in [0, 0.1) is 27.7 Å². The van der Waals surface area contributed by atoms with Gasteiger partial charge in [-0.2, -0.15) is 0 Å². The highest BCUT2D eigenvalue weighted by molar-refractivity contribution is 7.92. The van der Waals surface area contributed by atoms with Gasteiger partial charge in [-0.05, 0) is 92.8 Å². The smallest absolute Gasteiger partial charge is 0.251 e. The Kier molecular flexibility index (Phi) is 8.22. The first kappa shape index (κ1) is 26.3. The van der Waals surface area contributed by atoms with E-state index in [-0.39, 0.29) is 18.5 Å². The number of amides is 1. The lowest BCUT2D eigenvalue weighted by atomic mass is 10.1. The average molecular weight is 495 g/mol. The van der Waals surface area contributed by atoms with Crippen molar-refractivity contribution < 1.29 is 17.9 Å². The number of nitrogens with one attached hydrogen (secondary N) is 1. The van der Waals surface area contributed by atoms with Crippen molar-refractivity contribution in [1.82, 2.24) is 5.32 Å². The first-order valence-corrected chi connectivity index (χ1v) is 13.4. The largest absolute Gasteiger partial charge is 0.491 e. The molecule has 3 aromatic rings. The molecule has 186 valence electrons. The van der Waals surface area contributed by atoms with Crippen molar-refractivity contribution in [2.75, 3.05) is 17.2 Å². The lowest BCUT2D eigenvalue weighted by molar-refractivity contribution is 0.0926. The van der Waals surface area contributed by atoms with Crippen LogP contribution in [-0.2, 0) is 16.6 Å². The number of sulfonamides is 1. The van der Waals surface area contributed by atoms with Crippen LogP contribution in [0.25, 0.3) is 0 Å². The molecule has 0 aliphatic carbocycles. The molecule has 0 radical (unpaired) electrons. The van der Waals surface area contributed by atoms with Gasteiger partial charge in [-0.1, -0.05) is 30.3 Å². The van der Waals surface area contributed by atoms with Gasteiger partial charge < -0.3 is 10.1 Å². The summed E-state index contributed by atoms with van der Waals surface area (Å²) in [5, 5.41) is 2.95. The summed E-state index contributed by atoms with van der Waals surface area (Å²) >= 11 is 0. The Morgan fingerprint density at radius 3 is 2.20 bits per heavy atom. The maximum absolute atomic E-state index is 12.7. The van der Waals surface area contributed by atoms with E-state index in [2.05, 4.69) is 12.2 Å². The Morgan fingerprint density at radius 1 is 0.914 bits per heavy atom. The Bertz CT molecular complexity index is 1300. The Labute approximate surface area is 209 Å². The minimum Gasteiger partial charge on any atom is -0.491 e. The van der Waals surface area contributed by atoms with Gasteiger partial charge in [0.25, 0.3) is 5.91 Å². The maximum Gasteiger partial charge on any atom is 0.251 e. The van der Waals surface area contributed by atoms with Gasteiger partial charge in [0.15, 0.2) is 0 Å². The molecule has 0 aromatic heterocycles. The molecule has 1 atom stereocenters. The van der Waals surface area contributed by atoms with E-state index >= 15 is 0 Å². The zero-order valence-electron chi connectivity index (χ0n) is 21.3. The second kappa shape index (κ2) is 11.0. The molecule has 0 bridgehead atoms. The van der Waals surface area contributed by atoms with E-state index in [0.29, 0.717) is 17.9 Å². The maximum atomic E-state index is 12.7. The normalized spacial score (nSPS) is 12.2. The van der Waals surface area contributed by atoms with Crippen LogP contribution in [0.2, 0.25) is 0 Å². The van der Waals surface area contributed by atoms with Crippen LogP contribution in [0.15, 0.2) is 60.7 Å². The molecule has 7 heteroatoms. The minimum atomic E-state index is -3.49. The molecular formula is C28H34N2O4S. The molecule has 35 heavy (non-hydrogen) atoms. The number of carbonyl (C=O) groups excluding carboxylic acids is 1. The van der Waals surface area contributed by atoms with Gasteiger partial charge in [0, 0.05) is 5.56 Å². The number of rotatable bonds is 9. The predicted octanol–water partition coefficient (Wildman–Crippen LogP) is 5.08. The molecular weight excluding hydrogens is 460 g/mol. The van der Waals surface area contributed by atoms with Crippen molar-refractivity contribution in [2.45, 2.75) is 47.2 Å². The molecule has 0 aliphatic heterocycles. The van der Waals surface area contributed by atoms with E-state index in [1.54, 1.807) is 24.3 Å². The van der Waals surface area contributed by atoms with E-state index in [0.717, 1.165) is 28.0 Å². The lowest BCUT2D eigenvalue weighted by Crippen LogP contribution is -2.36. The number of carbonyl (C=O) groups is 1. The van der Waals surface area contributed by atoms with Crippen LogP contribution >= 0.6 is 0 Å². The molecule has 0 fully saturated rings. The molecule has 1 N–H and O–H groups in total. The van der Waals surface area contributed by atoms with Crippen molar-refractivity contribution >= 4 is 21.6 Å². The minimum absolute atomic E-state index is 0.186. The van der Waals surface area contributed by atoms with Crippen LogP contribution in [0.4, 0.5) is 5.69 Å². The average Bonchev–Trinajstić information content (AvgIpc) is 2.79. The number of benzene rings is 3. The van der Waals surface area contributed by atoms with Crippen molar-refractivity contribution in [2.24, 2.45) is 0 Å². The van der Waals surface area contributed by atoms with E-state index in [1.165, 1.54) is 16.1 Å². The molecule has 1 amide bonds. The van der Waals surface area contributed by atoms with Crippen LogP contribution in [0.5, 0.6) is 5.75 Å². The Morgan fingerprint density at radius 2 is 1.57 bits per heavy atom. The molecule has 0 saturated heterocycles. The standard InChI is InChI=1S/C28H34N2O4S/c1-19-7-8-21(3)27(15-19)30(35(6,32)33)17-24-10-12-25(13-11-24)28(31)29-23(5)18-34-26-14-9-20(2)22(4)16-26/h7-16,23H,17-18H2,1-6H3,(H,29,31)/t23-/m1/s1. The van der Waals surface area contributed by atoms with Crippen molar-refractivity contribution in [1.29, 1.82) is 0 Å². The lowest BCUT2D eigenvalue weighted by Gasteiger charge is -2.25. The van der Waals surface area contributed by atoms with Gasteiger partial charge in [0.1, 0.15) is 12.4 Å². The number of aryl methyl sites for hydroxylation is 4. The van der Waals surface area contributed by atoms with Gasteiger partial charge in [-0.3, -0.25) is 9.10 Å². The third-order valence-electron chi connectivity index (χ3n) is 5.93. The third-order valence-corrected chi connectivity index (χ3v) is 7.06. The molecule has 0 heterocycles. The summed E-state index contributed by atoms with van der Waals surface area (Å²) in [5.41, 5.74) is 6.19. The number of anilines is 1. The Balaban J connectivity index is 1.64. The van der Waals surface area contributed by atoms with Crippen molar-refractivity contribution in [3.63, 3.8) is 0 Å². The molecule has 0 spiro atoms. The second-order valence-electron chi connectivity index (χ2n) is 9.19. The van der Waals surface area contributed by atoms with Gasteiger partial charge in [-0.15, -0.1) is 0 Å². The topological polar surface area (TPSA) is 75.7 Å². The van der Waals surface area contributed by atoms with Crippen molar-refractivity contribution in [3.05, 3.63) is 94.0 Å². The van der Waals surface area contributed by atoms with Crippen LogP contribution in [-0.4, -0.2) is 33.2 Å². The highest BCUT2D eigenvalue weighted by atomic mass is 32.2. The number of hydrogen-bond donors (Lipinski definition) is 1. The van der Waals surface area contributed by atoms with Crippen molar-refractivity contribution in [3.8, 4) is 5.75 Å². The molecule has 0 saturated carbocycles. The first-order chi connectivity index (χ1) is 16.4. The highest BCUT2D eigenvalue weighted by Crippen LogP contribution is 2.26. The van der Waals surface area contributed by atoms with Gasteiger partial charge in [0.2, 0.25) is 10.0 Å². The van der Waals surface area contributed by atoms with E-state index < -0.39 is 10.0 Å². The molecule has 0 unspecified atom stereocenters. The van der Waals surface area contributed by atoms with Crippen LogP contribution in [0.1, 0.15) is 45.1 Å². The fraction of sp³-hybridized carbons (Fsp3) is 0.321. The molecule has 3 rings (SSSR count). The summed E-state index contributed by atoms with van der Waals surface area (Å²) in [4.78, 5) is 12.7. The summed E-state index contributed by atoms with van der Waals surface area (Å²) in [6, 6.07) is 18.5. The zero-order chi connectivity index (χ0) is 25.8. The summed E-state index contributed by atoms with van der Waals surface area (Å²) in [6.45, 7) is 10.3. The molecule has 3 aromatic carbocycles. The van der Waals surface area contributed by atoms with Gasteiger partial charge in [-0.25, -0.2) is 8.42 Å². The predicted molar refractivity (Wildman–Crippen MR) is 142 cm³/mol. The summed E-state index contributed by atoms with van der Waals surface area (Å²) < 4.78 is 32.3. The van der Waals surface area contributed by atoms with Crippen LogP contribution < -0.4 is 14.4 Å². The third kappa shape index (κ3) is 7.09. The monoisotopic (exact) mass is 494 g/mol. The SMILES string of the molecule is Cc1ccc(C)c(N(Cc2ccc(C(=O)N[C@H](C)COc3ccc(C)c(C)c3)cc2)S(C)(=O)=O)c1.